The highest BCUT2D eigenvalue weighted by Gasteiger charge is 2.24. The summed E-state index contributed by atoms with van der Waals surface area (Å²) in [5, 5.41) is 0. The first-order valence-corrected chi connectivity index (χ1v) is 5.56. The van der Waals surface area contributed by atoms with E-state index in [0.717, 1.165) is 12.3 Å². The van der Waals surface area contributed by atoms with Crippen LogP contribution in [-0.4, -0.2) is 6.04 Å². The Kier molecular flexibility index (Phi) is 2.87. The van der Waals surface area contributed by atoms with Gasteiger partial charge in [0.15, 0.2) is 0 Å². The van der Waals surface area contributed by atoms with Crippen LogP contribution in [0.5, 0.6) is 0 Å². The fourth-order valence-electron chi connectivity index (χ4n) is 2.65. The Hall–Kier alpha value is -0.820. The lowest BCUT2D eigenvalue weighted by Gasteiger charge is -2.31. The van der Waals surface area contributed by atoms with Crippen molar-refractivity contribution in [2.75, 3.05) is 0 Å². The summed E-state index contributed by atoms with van der Waals surface area (Å²) in [6.45, 7) is 2.31. The smallest absolute Gasteiger partial charge is 0.00471 e. The molecule has 0 aliphatic heterocycles. The largest absolute Gasteiger partial charge is 0.328 e. The summed E-state index contributed by atoms with van der Waals surface area (Å²) in [4.78, 5) is 0. The fraction of sp³-hybridized carbons (Fsp3) is 0.538. The van der Waals surface area contributed by atoms with Gasteiger partial charge < -0.3 is 5.73 Å². The lowest BCUT2D eigenvalue weighted by molar-refractivity contribution is 0.308. The van der Waals surface area contributed by atoms with Gasteiger partial charge in [-0.1, -0.05) is 37.3 Å². The molecule has 1 saturated carbocycles. The molecular weight excluding hydrogens is 170 g/mol. The van der Waals surface area contributed by atoms with Crippen molar-refractivity contribution in [3.8, 4) is 0 Å². The van der Waals surface area contributed by atoms with Gasteiger partial charge in [-0.3, -0.25) is 0 Å². The maximum Gasteiger partial charge on any atom is 0.00471 e. The molecule has 0 heterocycles. The molecule has 0 saturated heterocycles. The summed E-state index contributed by atoms with van der Waals surface area (Å²) in [5.74, 6) is 1.47. The van der Waals surface area contributed by atoms with Crippen LogP contribution >= 0.6 is 0 Å². The minimum atomic E-state index is 0.406. The highest BCUT2D eigenvalue weighted by molar-refractivity contribution is 5.20. The van der Waals surface area contributed by atoms with Crippen molar-refractivity contribution < 1.29 is 0 Å². The Balaban J connectivity index is 2.11. The van der Waals surface area contributed by atoms with Gasteiger partial charge in [0, 0.05) is 6.04 Å². The molecule has 3 atom stereocenters. The zero-order valence-corrected chi connectivity index (χ0v) is 8.82. The van der Waals surface area contributed by atoms with Crippen LogP contribution in [0.3, 0.4) is 0 Å². The number of hydrogen-bond donors (Lipinski definition) is 1. The molecule has 0 bridgehead atoms. The molecule has 2 N–H and O–H groups in total. The molecule has 0 aromatic heterocycles. The quantitative estimate of drug-likeness (QED) is 0.722. The third-order valence-corrected chi connectivity index (χ3v) is 3.25. The van der Waals surface area contributed by atoms with Gasteiger partial charge in [0.2, 0.25) is 0 Å². The molecule has 0 spiro atoms. The molecular formula is C13H19N. The van der Waals surface area contributed by atoms with E-state index in [1.54, 1.807) is 0 Å². The van der Waals surface area contributed by atoms with Crippen LogP contribution < -0.4 is 5.73 Å². The van der Waals surface area contributed by atoms with Crippen LogP contribution in [-0.2, 0) is 0 Å². The average Bonchev–Trinajstić information content (AvgIpc) is 2.18. The van der Waals surface area contributed by atoms with E-state index >= 15 is 0 Å². The normalized spacial score (nSPS) is 32.9. The summed E-state index contributed by atoms with van der Waals surface area (Å²) in [6, 6.07) is 11.2. The monoisotopic (exact) mass is 189 g/mol. The van der Waals surface area contributed by atoms with Crippen LogP contribution in [0.25, 0.3) is 0 Å². The van der Waals surface area contributed by atoms with E-state index in [2.05, 4.69) is 37.3 Å². The minimum Gasteiger partial charge on any atom is -0.328 e. The zero-order chi connectivity index (χ0) is 9.97. The van der Waals surface area contributed by atoms with Crippen molar-refractivity contribution in [3.63, 3.8) is 0 Å². The molecule has 0 radical (unpaired) electrons. The highest BCUT2D eigenvalue weighted by Crippen LogP contribution is 2.35. The first-order chi connectivity index (χ1) is 6.75. The van der Waals surface area contributed by atoms with Crippen LogP contribution in [0.15, 0.2) is 30.3 Å². The van der Waals surface area contributed by atoms with Gasteiger partial charge in [-0.05, 0) is 36.7 Å². The van der Waals surface area contributed by atoms with Crippen molar-refractivity contribution in [1.29, 1.82) is 0 Å². The van der Waals surface area contributed by atoms with Gasteiger partial charge in [0.1, 0.15) is 0 Å². The van der Waals surface area contributed by atoms with Crippen LogP contribution in [0.4, 0.5) is 0 Å². The van der Waals surface area contributed by atoms with Gasteiger partial charge in [-0.2, -0.15) is 0 Å². The Bertz CT molecular complexity index is 271. The molecule has 1 fully saturated rings. The van der Waals surface area contributed by atoms with Crippen LogP contribution in [0, 0.1) is 5.92 Å². The van der Waals surface area contributed by atoms with E-state index in [-0.39, 0.29) is 0 Å². The van der Waals surface area contributed by atoms with Gasteiger partial charge in [0.05, 0.1) is 0 Å². The molecule has 1 aliphatic carbocycles. The molecule has 1 aliphatic rings. The molecule has 0 unspecified atom stereocenters. The summed E-state index contributed by atoms with van der Waals surface area (Å²) < 4.78 is 0. The second-order valence-corrected chi connectivity index (χ2v) is 4.68. The number of hydrogen-bond acceptors (Lipinski definition) is 1. The van der Waals surface area contributed by atoms with Crippen molar-refractivity contribution in [2.45, 2.75) is 38.1 Å². The Morgan fingerprint density at radius 1 is 1.07 bits per heavy atom. The molecule has 76 valence electrons. The Labute approximate surface area is 86.3 Å². The van der Waals surface area contributed by atoms with Crippen molar-refractivity contribution in [3.05, 3.63) is 35.9 Å². The molecule has 1 heteroatoms. The lowest BCUT2D eigenvalue weighted by atomic mass is 9.77. The molecule has 0 amide bonds. The average molecular weight is 189 g/mol. The summed E-state index contributed by atoms with van der Waals surface area (Å²) >= 11 is 0. The number of rotatable bonds is 1. The molecule has 1 aromatic rings. The lowest BCUT2D eigenvalue weighted by Crippen LogP contribution is -2.30. The van der Waals surface area contributed by atoms with E-state index in [0.29, 0.717) is 12.0 Å². The first-order valence-electron chi connectivity index (χ1n) is 5.56. The van der Waals surface area contributed by atoms with E-state index in [1.807, 2.05) is 0 Å². The number of nitrogens with two attached hydrogens (primary N) is 1. The maximum atomic E-state index is 6.05. The zero-order valence-electron chi connectivity index (χ0n) is 8.82. The highest BCUT2D eigenvalue weighted by atomic mass is 14.6. The summed E-state index contributed by atoms with van der Waals surface area (Å²) in [7, 11) is 0. The number of benzene rings is 1. The van der Waals surface area contributed by atoms with Crippen molar-refractivity contribution in [2.24, 2.45) is 11.7 Å². The van der Waals surface area contributed by atoms with E-state index < -0.39 is 0 Å². The molecule has 2 rings (SSSR count). The maximum absolute atomic E-state index is 6.05. The second kappa shape index (κ2) is 4.14. The van der Waals surface area contributed by atoms with Gasteiger partial charge in [0.25, 0.3) is 0 Å². The Morgan fingerprint density at radius 3 is 2.43 bits per heavy atom. The molecule has 1 aromatic carbocycles. The fourth-order valence-corrected chi connectivity index (χ4v) is 2.65. The van der Waals surface area contributed by atoms with Crippen molar-refractivity contribution >= 4 is 0 Å². The predicted octanol–water partition coefficient (Wildman–Crippen LogP) is 2.92. The predicted molar refractivity (Wildman–Crippen MR) is 60.2 cm³/mol. The topological polar surface area (TPSA) is 26.0 Å². The molecule has 1 nitrogen and oxygen atoms in total. The van der Waals surface area contributed by atoms with E-state index in [9.17, 15) is 0 Å². The Morgan fingerprint density at radius 2 is 1.79 bits per heavy atom. The summed E-state index contributed by atoms with van der Waals surface area (Å²) in [5.41, 5.74) is 7.52. The molecule has 14 heavy (non-hydrogen) atoms. The van der Waals surface area contributed by atoms with Crippen LogP contribution in [0.1, 0.15) is 37.7 Å². The van der Waals surface area contributed by atoms with Crippen molar-refractivity contribution in [1.82, 2.24) is 0 Å². The third kappa shape index (κ3) is 2.16. The second-order valence-electron chi connectivity index (χ2n) is 4.68. The SMILES string of the molecule is C[C@@H]1C[C@H](N)C[C@H](c2ccccc2)C1. The summed E-state index contributed by atoms with van der Waals surface area (Å²) in [6.07, 6.45) is 3.66. The third-order valence-electron chi connectivity index (χ3n) is 3.25. The minimum absolute atomic E-state index is 0.406. The van der Waals surface area contributed by atoms with Gasteiger partial charge >= 0.3 is 0 Å². The van der Waals surface area contributed by atoms with E-state index in [1.165, 1.54) is 18.4 Å². The first kappa shape index (κ1) is 9.72. The van der Waals surface area contributed by atoms with E-state index in [4.69, 9.17) is 5.73 Å². The van der Waals surface area contributed by atoms with Gasteiger partial charge in [-0.15, -0.1) is 0 Å². The van der Waals surface area contributed by atoms with Crippen LogP contribution in [0.2, 0.25) is 0 Å². The standard InChI is InChI=1S/C13H19N/c1-10-7-12(9-13(14)8-10)11-5-3-2-4-6-11/h2-6,10,12-13H,7-9,14H2,1H3/t10-,12+,13-/m0/s1. The van der Waals surface area contributed by atoms with Gasteiger partial charge in [-0.25, -0.2) is 0 Å².